The average Bonchev–Trinajstić information content (AvgIpc) is 2.34. The van der Waals surface area contributed by atoms with Crippen molar-refractivity contribution in [3.8, 4) is 0 Å². The highest BCUT2D eigenvalue weighted by molar-refractivity contribution is 6.00. The summed E-state index contributed by atoms with van der Waals surface area (Å²) in [5.41, 5.74) is 0.801. The molecule has 1 rings (SSSR count). The van der Waals surface area contributed by atoms with E-state index < -0.39 is 18.0 Å². The summed E-state index contributed by atoms with van der Waals surface area (Å²) in [6.07, 6.45) is 3.18. The fourth-order valence-corrected chi connectivity index (χ4v) is 1.26. The summed E-state index contributed by atoms with van der Waals surface area (Å²) in [6, 6.07) is -1.52. The minimum atomic E-state index is -1.52. The summed E-state index contributed by atoms with van der Waals surface area (Å²) in [7, 11) is 1.11. The Bertz CT molecular complexity index is 465. The van der Waals surface area contributed by atoms with Gasteiger partial charge < -0.3 is 15.2 Å². The van der Waals surface area contributed by atoms with Crippen molar-refractivity contribution in [1.82, 2.24) is 9.97 Å². The fraction of sp³-hybridized carbons (Fsp3) is 0.500. The molecular formula is C12H17N3O4. The zero-order chi connectivity index (χ0) is 14.6. The van der Waals surface area contributed by atoms with Crippen LogP contribution in [0.25, 0.3) is 0 Å². The maximum Gasteiger partial charge on any atom is 0.340 e. The van der Waals surface area contributed by atoms with E-state index in [0.717, 1.165) is 12.7 Å². The molecule has 0 spiro atoms. The summed E-state index contributed by atoms with van der Waals surface area (Å²) in [5.74, 6) is -2.20. The van der Waals surface area contributed by atoms with E-state index in [4.69, 9.17) is 5.11 Å². The zero-order valence-electron chi connectivity index (χ0n) is 11.3. The number of aliphatic carboxylic acids is 1. The Morgan fingerprint density at radius 3 is 2.21 bits per heavy atom. The molecule has 0 fully saturated rings. The van der Waals surface area contributed by atoms with Crippen LogP contribution in [0.5, 0.6) is 0 Å². The lowest BCUT2D eigenvalue weighted by atomic mass is 9.89. The van der Waals surface area contributed by atoms with Crippen molar-refractivity contribution in [2.24, 2.45) is 0 Å². The zero-order valence-corrected chi connectivity index (χ0v) is 11.3. The van der Waals surface area contributed by atoms with E-state index in [2.05, 4.69) is 20.0 Å². The number of anilines is 1. The van der Waals surface area contributed by atoms with E-state index in [1.807, 2.05) is 20.8 Å². The molecule has 0 amide bonds. The highest BCUT2D eigenvalue weighted by Crippen LogP contribution is 2.20. The maximum atomic E-state index is 11.3. The Balaban J connectivity index is 2.87. The van der Waals surface area contributed by atoms with E-state index in [-0.39, 0.29) is 11.4 Å². The lowest BCUT2D eigenvalue weighted by Crippen LogP contribution is -2.38. The number of ether oxygens (including phenoxy) is 1. The second-order valence-electron chi connectivity index (χ2n) is 4.98. The number of aromatic nitrogens is 2. The van der Waals surface area contributed by atoms with Crippen LogP contribution in [-0.4, -0.2) is 40.2 Å². The van der Waals surface area contributed by atoms with Gasteiger partial charge in [0.2, 0.25) is 12.0 Å². The number of hydrogen-bond donors (Lipinski definition) is 2. The van der Waals surface area contributed by atoms with Gasteiger partial charge in [-0.3, -0.25) is 0 Å². The SMILES string of the molecule is COC(=O)C(Nc1ncc(C(C)(C)C)cn1)C(=O)O. The molecule has 0 aliphatic carbocycles. The third kappa shape index (κ3) is 3.90. The van der Waals surface area contributed by atoms with E-state index in [0.29, 0.717) is 0 Å². The van der Waals surface area contributed by atoms with E-state index >= 15 is 0 Å². The molecule has 0 radical (unpaired) electrons. The van der Waals surface area contributed by atoms with Gasteiger partial charge in [0.15, 0.2) is 0 Å². The molecule has 0 aromatic carbocycles. The first-order valence-corrected chi connectivity index (χ1v) is 5.65. The van der Waals surface area contributed by atoms with Gasteiger partial charge in [-0.05, 0) is 11.0 Å². The van der Waals surface area contributed by atoms with Gasteiger partial charge in [-0.25, -0.2) is 19.6 Å². The normalized spacial score (nSPS) is 12.6. The summed E-state index contributed by atoms with van der Waals surface area (Å²) in [5, 5.41) is 11.3. The van der Waals surface area contributed by atoms with Crippen molar-refractivity contribution in [3.63, 3.8) is 0 Å². The van der Waals surface area contributed by atoms with Crippen molar-refractivity contribution in [1.29, 1.82) is 0 Å². The first-order chi connectivity index (χ1) is 8.75. The van der Waals surface area contributed by atoms with Gasteiger partial charge in [-0.15, -0.1) is 0 Å². The highest BCUT2D eigenvalue weighted by atomic mass is 16.5. The van der Waals surface area contributed by atoms with Crippen molar-refractivity contribution in [2.45, 2.75) is 32.2 Å². The van der Waals surface area contributed by atoms with Gasteiger partial charge in [0.05, 0.1) is 7.11 Å². The van der Waals surface area contributed by atoms with E-state index in [1.54, 1.807) is 12.4 Å². The van der Waals surface area contributed by atoms with Gasteiger partial charge >= 0.3 is 11.9 Å². The molecule has 19 heavy (non-hydrogen) atoms. The van der Waals surface area contributed by atoms with Gasteiger partial charge in [0, 0.05) is 12.4 Å². The molecule has 2 N–H and O–H groups in total. The van der Waals surface area contributed by atoms with Crippen molar-refractivity contribution in [3.05, 3.63) is 18.0 Å². The summed E-state index contributed by atoms with van der Waals surface area (Å²) < 4.78 is 4.39. The van der Waals surface area contributed by atoms with Crippen LogP contribution in [-0.2, 0) is 19.7 Å². The number of methoxy groups -OCH3 is 1. The molecule has 1 heterocycles. The molecule has 104 valence electrons. The molecule has 1 aromatic rings. The molecule has 0 saturated heterocycles. The van der Waals surface area contributed by atoms with Gasteiger partial charge in [-0.1, -0.05) is 20.8 Å². The predicted octanol–water partition coefficient (Wildman–Crippen LogP) is 0.812. The number of rotatable bonds is 4. The Hall–Kier alpha value is -2.18. The van der Waals surface area contributed by atoms with Crippen LogP contribution in [0.15, 0.2) is 12.4 Å². The lowest BCUT2D eigenvalue weighted by Gasteiger charge is -2.18. The standard InChI is InChI=1S/C12H17N3O4/c1-12(2,3)7-5-13-11(14-6-7)15-8(9(16)17)10(18)19-4/h5-6,8H,1-4H3,(H,16,17)(H,13,14,15). The third-order valence-corrected chi connectivity index (χ3v) is 2.48. The smallest absolute Gasteiger partial charge is 0.340 e. The summed E-state index contributed by atoms with van der Waals surface area (Å²) in [4.78, 5) is 30.2. The Labute approximate surface area is 111 Å². The second kappa shape index (κ2) is 5.64. The molecule has 0 bridgehead atoms. The summed E-state index contributed by atoms with van der Waals surface area (Å²) in [6.45, 7) is 6.02. The molecule has 1 atom stereocenters. The van der Waals surface area contributed by atoms with Gasteiger partial charge in [-0.2, -0.15) is 0 Å². The Morgan fingerprint density at radius 2 is 1.84 bits per heavy atom. The number of carbonyl (C=O) groups is 2. The molecule has 1 unspecified atom stereocenters. The molecular weight excluding hydrogens is 250 g/mol. The number of carbonyl (C=O) groups excluding carboxylic acids is 1. The highest BCUT2D eigenvalue weighted by Gasteiger charge is 2.28. The number of carboxylic acids is 1. The second-order valence-corrected chi connectivity index (χ2v) is 4.98. The van der Waals surface area contributed by atoms with Crippen LogP contribution < -0.4 is 5.32 Å². The largest absolute Gasteiger partial charge is 0.479 e. The number of nitrogens with one attached hydrogen (secondary N) is 1. The average molecular weight is 267 g/mol. The predicted molar refractivity (Wildman–Crippen MR) is 67.8 cm³/mol. The quantitative estimate of drug-likeness (QED) is 0.614. The van der Waals surface area contributed by atoms with Crippen LogP contribution in [0.3, 0.4) is 0 Å². The Morgan fingerprint density at radius 1 is 1.32 bits per heavy atom. The van der Waals surface area contributed by atoms with Crippen LogP contribution in [0.4, 0.5) is 5.95 Å². The number of nitrogens with zero attached hydrogens (tertiary/aromatic N) is 2. The molecule has 1 aromatic heterocycles. The van der Waals surface area contributed by atoms with Crippen LogP contribution in [0.1, 0.15) is 26.3 Å². The maximum absolute atomic E-state index is 11.3. The van der Waals surface area contributed by atoms with E-state index in [9.17, 15) is 9.59 Å². The molecule has 0 aliphatic rings. The van der Waals surface area contributed by atoms with Gasteiger partial charge in [0.1, 0.15) is 0 Å². The van der Waals surface area contributed by atoms with Crippen molar-refractivity contribution in [2.75, 3.05) is 12.4 Å². The van der Waals surface area contributed by atoms with E-state index in [1.165, 1.54) is 0 Å². The molecule has 7 nitrogen and oxygen atoms in total. The minimum Gasteiger partial charge on any atom is -0.479 e. The Kier molecular flexibility index (Phi) is 4.42. The van der Waals surface area contributed by atoms with Crippen molar-refractivity contribution < 1.29 is 19.4 Å². The fourth-order valence-electron chi connectivity index (χ4n) is 1.26. The summed E-state index contributed by atoms with van der Waals surface area (Å²) >= 11 is 0. The molecule has 0 aliphatic heterocycles. The van der Waals surface area contributed by atoms with Crippen LogP contribution in [0, 0.1) is 0 Å². The number of hydrogen-bond acceptors (Lipinski definition) is 6. The lowest BCUT2D eigenvalue weighted by molar-refractivity contribution is -0.150. The first-order valence-electron chi connectivity index (χ1n) is 5.65. The van der Waals surface area contributed by atoms with Gasteiger partial charge in [0.25, 0.3) is 0 Å². The minimum absolute atomic E-state index is 0.0609. The topological polar surface area (TPSA) is 101 Å². The molecule has 0 saturated carbocycles. The number of carboxylic acid groups (broad SMARTS) is 1. The third-order valence-electron chi connectivity index (χ3n) is 2.48. The van der Waals surface area contributed by atoms with Crippen molar-refractivity contribution >= 4 is 17.9 Å². The number of esters is 1. The monoisotopic (exact) mass is 267 g/mol. The molecule has 7 heteroatoms. The first kappa shape index (κ1) is 14.9. The van der Waals surface area contributed by atoms with Crippen LogP contribution >= 0.6 is 0 Å². The van der Waals surface area contributed by atoms with Crippen LogP contribution in [0.2, 0.25) is 0 Å².